The van der Waals surface area contributed by atoms with E-state index in [0.717, 1.165) is 0 Å². The number of hydrogen-bond acceptors (Lipinski definition) is 0. The molecule has 0 unspecified atom stereocenters. The molecule has 5 rings (SSSR count). The molecule has 0 spiro atoms. The van der Waals surface area contributed by atoms with Crippen LogP contribution >= 0.6 is 0 Å². The number of fused-ring (bicyclic) bond motifs is 3. The molecule has 0 aliphatic heterocycles. The van der Waals surface area contributed by atoms with Gasteiger partial charge in [-0.25, -0.2) is 0 Å². The van der Waals surface area contributed by atoms with Gasteiger partial charge < -0.3 is 0 Å². The molecule has 4 aromatic carbocycles. The summed E-state index contributed by atoms with van der Waals surface area (Å²) in [7, 11) is 0. The first-order valence-electron chi connectivity index (χ1n) is 9.53. The molecule has 0 saturated heterocycles. The van der Waals surface area contributed by atoms with Crippen LogP contribution in [0.25, 0.3) is 38.6 Å². The van der Waals surface area contributed by atoms with E-state index >= 15 is 0 Å². The third-order valence-electron chi connectivity index (χ3n) is 5.41. The SMILES string of the molecule is Cc1c[c]([Bi])cc(-c2c(C)ccc3c4ccccc4n(-c4ccccc4)c23)c1. The third kappa shape index (κ3) is 2.79. The fraction of sp³-hybridized carbons (Fsp3) is 0.0769. The second kappa shape index (κ2) is 6.87. The Bertz CT molecular complexity index is 1310. The second-order valence-corrected chi connectivity index (χ2v) is 9.41. The zero-order valence-corrected chi connectivity index (χ0v) is 19.5. The minimum atomic E-state index is 1.21. The van der Waals surface area contributed by atoms with Crippen LogP contribution < -0.4 is 3.27 Å². The summed E-state index contributed by atoms with van der Waals surface area (Å²) < 4.78 is 3.84. The van der Waals surface area contributed by atoms with Gasteiger partial charge in [0.05, 0.1) is 0 Å². The predicted octanol–water partition coefficient (Wildman–Crippen LogP) is 5.86. The van der Waals surface area contributed by atoms with E-state index < -0.39 is 0 Å². The van der Waals surface area contributed by atoms with E-state index in [1.54, 1.807) is 0 Å². The van der Waals surface area contributed by atoms with Crippen LogP contribution in [0, 0.1) is 13.8 Å². The predicted molar refractivity (Wildman–Crippen MR) is 121 cm³/mol. The van der Waals surface area contributed by atoms with Gasteiger partial charge in [-0.1, -0.05) is 0 Å². The number of para-hydroxylation sites is 2. The van der Waals surface area contributed by atoms with Crippen molar-refractivity contribution in [1.82, 2.24) is 4.57 Å². The first-order valence-corrected chi connectivity index (χ1v) is 11.3. The zero-order chi connectivity index (χ0) is 19.3. The molecule has 0 amide bonds. The molecule has 0 aliphatic carbocycles. The van der Waals surface area contributed by atoms with Gasteiger partial charge in [0, 0.05) is 0 Å². The zero-order valence-electron chi connectivity index (χ0n) is 16.0. The monoisotopic (exact) mass is 555 g/mol. The molecule has 2 heteroatoms. The Morgan fingerprint density at radius 2 is 1.46 bits per heavy atom. The van der Waals surface area contributed by atoms with E-state index in [4.69, 9.17) is 0 Å². The summed E-state index contributed by atoms with van der Waals surface area (Å²) in [5, 5.41) is 2.62. The van der Waals surface area contributed by atoms with E-state index in [0.29, 0.717) is 0 Å². The quantitative estimate of drug-likeness (QED) is 0.241. The molecule has 28 heavy (non-hydrogen) atoms. The molecule has 0 saturated carbocycles. The van der Waals surface area contributed by atoms with Gasteiger partial charge in [0.25, 0.3) is 0 Å². The number of aromatic nitrogens is 1. The van der Waals surface area contributed by atoms with Crippen molar-refractivity contribution >= 4 is 49.8 Å². The second-order valence-electron chi connectivity index (χ2n) is 7.40. The van der Waals surface area contributed by atoms with Gasteiger partial charge in [-0.05, 0) is 0 Å². The standard InChI is InChI=1S/C26H20N.Bi/c1-18-9-8-10-20(17-18)25-19(2)15-16-23-22-13-6-7-14-24(22)27(26(23)25)21-11-4-3-5-12-21;/h3-7,9-17H,1-2H3;. The van der Waals surface area contributed by atoms with Crippen molar-refractivity contribution in [3.8, 4) is 16.8 Å². The van der Waals surface area contributed by atoms with Crippen LogP contribution in [-0.4, -0.2) is 29.3 Å². The number of rotatable bonds is 2. The molecule has 0 N–H and O–H groups in total. The Hall–Kier alpha value is -2.44. The molecule has 0 bridgehead atoms. The molecular weight excluding hydrogens is 535 g/mol. The van der Waals surface area contributed by atoms with E-state index in [2.05, 4.69) is 103 Å². The van der Waals surface area contributed by atoms with Gasteiger partial charge in [0.15, 0.2) is 0 Å². The summed E-state index contributed by atoms with van der Waals surface area (Å²) in [5.41, 5.74) is 9.07. The van der Waals surface area contributed by atoms with Gasteiger partial charge in [0.2, 0.25) is 0 Å². The Balaban J connectivity index is 2.01. The van der Waals surface area contributed by atoms with Crippen molar-refractivity contribution < 1.29 is 0 Å². The Labute approximate surface area is 180 Å². The minimum absolute atomic E-state index is 1.21. The molecule has 5 aromatic rings. The fourth-order valence-electron chi connectivity index (χ4n) is 4.28. The first-order chi connectivity index (χ1) is 13.6. The van der Waals surface area contributed by atoms with Gasteiger partial charge in [-0.2, -0.15) is 0 Å². The van der Waals surface area contributed by atoms with Crippen LogP contribution in [-0.2, 0) is 0 Å². The van der Waals surface area contributed by atoms with Gasteiger partial charge in [0.1, 0.15) is 0 Å². The number of hydrogen-bond donors (Lipinski definition) is 0. The van der Waals surface area contributed by atoms with Gasteiger partial charge >= 0.3 is 181 Å². The average molecular weight is 555 g/mol. The van der Waals surface area contributed by atoms with Crippen molar-refractivity contribution in [1.29, 1.82) is 0 Å². The molecule has 0 atom stereocenters. The Morgan fingerprint density at radius 3 is 2.25 bits per heavy atom. The maximum atomic E-state index is 2.43. The van der Waals surface area contributed by atoms with E-state index in [9.17, 15) is 0 Å². The molecule has 134 valence electrons. The summed E-state index contributed by atoms with van der Waals surface area (Å²) in [4.78, 5) is 0. The van der Waals surface area contributed by atoms with Crippen LogP contribution in [0.5, 0.6) is 0 Å². The summed E-state index contributed by atoms with van der Waals surface area (Å²) >= 11 is 1.28. The molecular formula is C26H20BiN. The number of aryl methyl sites for hydroxylation is 2. The number of nitrogens with zero attached hydrogens (tertiary/aromatic N) is 1. The summed E-state index contributed by atoms with van der Waals surface area (Å²) in [6, 6.07) is 31.0. The van der Waals surface area contributed by atoms with E-state index in [1.165, 1.54) is 77.7 Å². The first kappa shape index (κ1) is 17.6. The third-order valence-corrected chi connectivity index (χ3v) is 6.41. The van der Waals surface area contributed by atoms with Crippen LogP contribution in [0.2, 0.25) is 0 Å². The molecule has 1 nitrogen and oxygen atoms in total. The van der Waals surface area contributed by atoms with E-state index in [-0.39, 0.29) is 0 Å². The van der Waals surface area contributed by atoms with Crippen molar-refractivity contribution in [2.75, 3.05) is 0 Å². The van der Waals surface area contributed by atoms with Crippen molar-refractivity contribution in [3.63, 3.8) is 0 Å². The van der Waals surface area contributed by atoms with E-state index in [1.807, 2.05) is 0 Å². The molecule has 1 aromatic heterocycles. The van der Waals surface area contributed by atoms with Crippen molar-refractivity contribution in [2.45, 2.75) is 13.8 Å². The summed E-state index contributed by atoms with van der Waals surface area (Å²) in [6.45, 7) is 4.43. The average Bonchev–Trinajstić information content (AvgIpc) is 3.02. The van der Waals surface area contributed by atoms with Crippen LogP contribution in [0.15, 0.2) is 84.9 Å². The molecule has 0 fully saturated rings. The Kier molecular flexibility index (Phi) is 4.33. The van der Waals surface area contributed by atoms with Crippen LogP contribution in [0.3, 0.4) is 0 Å². The van der Waals surface area contributed by atoms with Crippen LogP contribution in [0.1, 0.15) is 11.1 Å². The molecule has 2 radical (unpaired) electrons. The van der Waals surface area contributed by atoms with Crippen molar-refractivity contribution in [2.24, 2.45) is 0 Å². The number of benzene rings is 4. The summed E-state index contributed by atoms with van der Waals surface area (Å²) in [6.07, 6.45) is 0. The van der Waals surface area contributed by atoms with Gasteiger partial charge in [-0.15, -0.1) is 0 Å². The summed E-state index contributed by atoms with van der Waals surface area (Å²) in [5.74, 6) is 0. The Morgan fingerprint density at radius 1 is 0.714 bits per heavy atom. The molecule has 1 heterocycles. The normalized spacial score (nSPS) is 11.4. The fourth-order valence-corrected chi connectivity index (χ4v) is 5.61. The van der Waals surface area contributed by atoms with Crippen molar-refractivity contribution in [3.05, 3.63) is 96.1 Å². The maximum absolute atomic E-state index is 2.43. The topological polar surface area (TPSA) is 4.93 Å². The molecule has 0 aliphatic rings. The van der Waals surface area contributed by atoms with Crippen LogP contribution in [0.4, 0.5) is 0 Å². The van der Waals surface area contributed by atoms with Gasteiger partial charge in [-0.3, -0.25) is 0 Å².